The van der Waals surface area contributed by atoms with Crippen LogP contribution in [0.3, 0.4) is 0 Å². The first-order valence-electron chi connectivity index (χ1n) is 5.86. The quantitative estimate of drug-likeness (QED) is 0.795. The number of benzene rings is 1. The minimum absolute atomic E-state index is 0.0545. The van der Waals surface area contributed by atoms with Gasteiger partial charge in [-0.2, -0.15) is 0 Å². The summed E-state index contributed by atoms with van der Waals surface area (Å²) < 4.78 is 1.59. The van der Waals surface area contributed by atoms with E-state index in [2.05, 4.69) is 15.0 Å². The predicted octanol–water partition coefficient (Wildman–Crippen LogP) is 2.02. The largest absolute Gasteiger partial charge is 0.348 e. The van der Waals surface area contributed by atoms with Crippen molar-refractivity contribution in [3.63, 3.8) is 0 Å². The lowest BCUT2D eigenvalue weighted by atomic mass is 10.2. The lowest BCUT2D eigenvalue weighted by molar-refractivity contribution is 0.655. The Balaban J connectivity index is 1.94. The number of rotatable bonds is 3. The number of halogens is 1. The molecule has 0 radical (unpaired) electrons. The molecule has 0 unspecified atom stereocenters. The van der Waals surface area contributed by atoms with Gasteiger partial charge >= 0.3 is 0 Å². The average Bonchev–Trinajstić information content (AvgIpc) is 2.91. The van der Waals surface area contributed by atoms with E-state index in [0.29, 0.717) is 28.9 Å². The Morgan fingerprint density at radius 2 is 2.26 bits per heavy atom. The van der Waals surface area contributed by atoms with Crippen molar-refractivity contribution in [1.29, 1.82) is 0 Å². The summed E-state index contributed by atoms with van der Waals surface area (Å²) in [5.74, 6) is 0. The van der Waals surface area contributed by atoms with Crippen LogP contribution in [0.1, 0.15) is 5.69 Å². The van der Waals surface area contributed by atoms with Crippen LogP contribution in [0.4, 0.5) is 0 Å². The number of aryl methyl sites for hydroxylation is 2. The van der Waals surface area contributed by atoms with Gasteiger partial charge < -0.3 is 4.98 Å². The number of H-pyrrole nitrogens is 1. The number of nitrogens with zero attached hydrogens (tertiary/aromatic N) is 3. The Bertz CT molecular complexity index is 764. The highest BCUT2D eigenvalue weighted by Crippen LogP contribution is 2.14. The molecule has 3 rings (SSSR count). The predicted molar refractivity (Wildman–Crippen MR) is 73.3 cm³/mol. The molecular weight excluding hydrogens is 264 g/mol. The van der Waals surface area contributed by atoms with E-state index in [0.717, 1.165) is 5.69 Å². The zero-order valence-electron chi connectivity index (χ0n) is 10.0. The molecule has 0 bridgehead atoms. The smallest absolute Gasteiger partial charge is 0.261 e. The number of hydrogen-bond donors (Lipinski definition) is 1. The molecule has 0 aliphatic rings. The Morgan fingerprint density at radius 3 is 3.05 bits per heavy atom. The highest BCUT2D eigenvalue weighted by Gasteiger charge is 2.05. The number of imidazole rings is 1. The van der Waals surface area contributed by atoms with Gasteiger partial charge in [0.2, 0.25) is 0 Å². The van der Waals surface area contributed by atoms with Crippen molar-refractivity contribution in [2.75, 3.05) is 0 Å². The molecule has 2 aromatic heterocycles. The van der Waals surface area contributed by atoms with E-state index in [4.69, 9.17) is 11.6 Å². The standard InChI is InChI=1S/C13H11ClN4O/c14-9-1-2-11-12(5-9)17-8-18(13(11)19)4-3-10-6-15-7-16-10/h1-2,5-8H,3-4H2,(H,15,16). The van der Waals surface area contributed by atoms with Crippen LogP contribution in [0.5, 0.6) is 0 Å². The molecular formula is C13H11ClN4O. The zero-order chi connectivity index (χ0) is 13.2. The maximum absolute atomic E-state index is 12.3. The highest BCUT2D eigenvalue weighted by molar-refractivity contribution is 6.31. The van der Waals surface area contributed by atoms with Gasteiger partial charge in [0.1, 0.15) is 0 Å². The third-order valence-corrected chi connectivity index (χ3v) is 3.20. The Hall–Kier alpha value is -2.14. The van der Waals surface area contributed by atoms with Gasteiger partial charge in [0.05, 0.1) is 23.6 Å². The number of aromatic nitrogens is 4. The fraction of sp³-hybridized carbons (Fsp3) is 0.154. The van der Waals surface area contributed by atoms with Crippen LogP contribution in [0.25, 0.3) is 10.9 Å². The van der Waals surface area contributed by atoms with Gasteiger partial charge in [-0.15, -0.1) is 0 Å². The first-order chi connectivity index (χ1) is 9.24. The zero-order valence-corrected chi connectivity index (χ0v) is 10.8. The summed E-state index contributed by atoms with van der Waals surface area (Å²) in [6.07, 6.45) is 5.64. The highest BCUT2D eigenvalue weighted by atomic mass is 35.5. The molecule has 5 nitrogen and oxygen atoms in total. The van der Waals surface area contributed by atoms with Crippen LogP contribution in [0, 0.1) is 0 Å². The van der Waals surface area contributed by atoms with E-state index >= 15 is 0 Å². The van der Waals surface area contributed by atoms with Crippen molar-refractivity contribution < 1.29 is 0 Å². The van der Waals surface area contributed by atoms with Crippen molar-refractivity contribution in [1.82, 2.24) is 19.5 Å². The van der Waals surface area contributed by atoms with E-state index in [1.807, 2.05) is 0 Å². The topological polar surface area (TPSA) is 63.6 Å². The molecule has 0 saturated heterocycles. The number of fused-ring (bicyclic) bond motifs is 1. The molecule has 0 atom stereocenters. The molecule has 2 heterocycles. The normalized spacial score (nSPS) is 11.0. The summed E-state index contributed by atoms with van der Waals surface area (Å²) in [6, 6.07) is 5.10. The number of nitrogens with one attached hydrogen (secondary N) is 1. The summed E-state index contributed by atoms with van der Waals surface area (Å²) >= 11 is 5.88. The molecule has 1 N–H and O–H groups in total. The Labute approximate surface area is 113 Å². The van der Waals surface area contributed by atoms with E-state index in [1.54, 1.807) is 41.6 Å². The number of hydrogen-bond acceptors (Lipinski definition) is 3. The molecule has 0 fully saturated rings. The second kappa shape index (κ2) is 4.85. The summed E-state index contributed by atoms with van der Waals surface area (Å²) in [7, 11) is 0. The van der Waals surface area contributed by atoms with Gasteiger partial charge in [0.25, 0.3) is 5.56 Å². The van der Waals surface area contributed by atoms with Crippen LogP contribution >= 0.6 is 11.6 Å². The van der Waals surface area contributed by atoms with Gasteiger partial charge in [-0.05, 0) is 18.2 Å². The molecule has 0 spiro atoms. The third-order valence-electron chi connectivity index (χ3n) is 2.96. The molecule has 96 valence electrons. The van der Waals surface area contributed by atoms with Gasteiger partial charge in [0.15, 0.2) is 0 Å². The summed E-state index contributed by atoms with van der Waals surface area (Å²) in [6.45, 7) is 0.562. The first kappa shape index (κ1) is 11.9. The summed E-state index contributed by atoms with van der Waals surface area (Å²) in [4.78, 5) is 23.5. The first-order valence-corrected chi connectivity index (χ1v) is 6.24. The molecule has 19 heavy (non-hydrogen) atoms. The molecule has 0 aliphatic heterocycles. The van der Waals surface area contributed by atoms with Crippen LogP contribution in [-0.4, -0.2) is 19.5 Å². The van der Waals surface area contributed by atoms with E-state index < -0.39 is 0 Å². The van der Waals surface area contributed by atoms with E-state index in [-0.39, 0.29) is 5.56 Å². The molecule has 3 aromatic rings. The number of aromatic amines is 1. The van der Waals surface area contributed by atoms with Crippen LogP contribution in [0.15, 0.2) is 41.8 Å². The van der Waals surface area contributed by atoms with Crippen LogP contribution in [0.2, 0.25) is 5.02 Å². The third kappa shape index (κ3) is 2.37. The minimum atomic E-state index is -0.0545. The molecule has 0 amide bonds. The maximum atomic E-state index is 12.3. The van der Waals surface area contributed by atoms with Crippen LogP contribution < -0.4 is 5.56 Å². The van der Waals surface area contributed by atoms with Gasteiger partial charge in [-0.3, -0.25) is 9.36 Å². The summed E-state index contributed by atoms with van der Waals surface area (Å²) in [5, 5.41) is 1.16. The minimum Gasteiger partial charge on any atom is -0.348 e. The summed E-state index contributed by atoms with van der Waals surface area (Å²) in [5.41, 5.74) is 1.56. The van der Waals surface area contributed by atoms with Crippen molar-refractivity contribution in [3.8, 4) is 0 Å². The van der Waals surface area contributed by atoms with Gasteiger partial charge in [0, 0.05) is 29.9 Å². The average molecular weight is 275 g/mol. The van der Waals surface area contributed by atoms with Crippen molar-refractivity contribution in [3.05, 3.63) is 58.1 Å². The fourth-order valence-electron chi connectivity index (χ4n) is 1.95. The lowest BCUT2D eigenvalue weighted by Gasteiger charge is -2.05. The fourth-order valence-corrected chi connectivity index (χ4v) is 2.12. The Morgan fingerprint density at radius 1 is 1.37 bits per heavy atom. The van der Waals surface area contributed by atoms with Crippen LogP contribution in [-0.2, 0) is 13.0 Å². The van der Waals surface area contributed by atoms with E-state index in [9.17, 15) is 4.79 Å². The molecule has 1 aromatic carbocycles. The molecule has 0 aliphatic carbocycles. The van der Waals surface area contributed by atoms with E-state index in [1.165, 1.54) is 0 Å². The lowest BCUT2D eigenvalue weighted by Crippen LogP contribution is -2.21. The maximum Gasteiger partial charge on any atom is 0.261 e. The molecule has 0 saturated carbocycles. The van der Waals surface area contributed by atoms with Gasteiger partial charge in [-0.1, -0.05) is 11.6 Å². The van der Waals surface area contributed by atoms with Gasteiger partial charge in [-0.25, -0.2) is 9.97 Å². The van der Waals surface area contributed by atoms with Crippen molar-refractivity contribution in [2.24, 2.45) is 0 Å². The molecule has 6 heteroatoms. The second-order valence-electron chi connectivity index (χ2n) is 4.23. The van der Waals surface area contributed by atoms with Crippen molar-refractivity contribution in [2.45, 2.75) is 13.0 Å². The van der Waals surface area contributed by atoms with Crippen molar-refractivity contribution >= 4 is 22.5 Å². The second-order valence-corrected chi connectivity index (χ2v) is 4.67. The monoisotopic (exact) mass is 274 g/mol. The Kier molecular flexibility index (Phi) is 3.05. The SMILES string of the molecule is O=c1c2ccc(Cl)cc2ncn1CCc1cnc[nH]1.